The van der Waals surface area contributed by atoms with E-state index in [-0.39, 0.29) is 5.66 Å². The van der Waals surface area contributed by atoms with E-state index in [1.54, 1.807) is 0 Å². The Hall–Kier alpha value is -1.26. The van der Waals surface area contributed by atoms with Gasteiger partial charge in [0.25, 0.3) is 0 Å². The molecule has 0 aromatic heterocycles. The standard InChI is InChI=1S/C14H22N4/c1-17(2)12-6-4-5-10-11-9-16-8-7-14(11,15)18(3)13(10)12/h4-6,11,16H,7-9,15H2,1-3H3. The summed E-state index contributed by atoms with van der Waals surface area (Å²) in [6, 6.07) is 6.54. The number of benzene rings is 1. The van der Waals surface area contributed by atoms with Gasteiger partial charge in [-0.2, -0.15) is 0 Å². The summed E-state index contributed by atoms with van der Waals surface area (Å²) in [6.45, 7) is 1.98. The zero-order chi connectivity index (χ0) is 12.9. The largest absolute Gasteiger partial charge is 0.376 e. The Morgan fingerprint density at radius 1 is 1.44 bits per heavy atom. The van der Waals surface area contributed by atoms with E-state index >= 15 is 0 Å². The second-order valence-electron chi connectivity index (χ2n) is 5.67. The molecular formula is C14H22N4. The van der Waals surface area contributed by atoms with Crippen LogP contribution in [-0.2, 0) is 0 Å². The molecule has 18 heavy (non-hydrogen) atoms. The third kappa shape index (κ3) is 1.39. The van der Waals surface area contributed by atoms with E-state index < -0.39 is 0 Å². The number of nitrogens with one attached hydrogen (secondary N) is 1. The lowest BCUT2D eigenvalue weighted by molar-refractivity contribution is 0.283. The third-order valence-electron chi connectivity index (χ3n) is 4.52. The monoisotopic (exact) mass is 246 g/mol. The minimum atomic E-state index is -0.223. The molecule has 1 fully saturated rings. The first-order valence-electron chi connectivity index (χ1n) is 6.59. The minimum absolute atomic E-state index is 0.223. The summed E-state index contributed by atoms with van der Waals surface area (Å²) in [5.74, 6) is 0.395. The second kappa shape index (κ2) is 3.87. The quantitative estimate of drug-likeness (QED) is 0.774. The predicted molar refractivity (Wildman–Crippen MR) is 76.3 cm³/mol. The normalized spacial score (nSPS) is 30.0. The first-order valence-corrected chi connectivity index (χ1v) is 6.59. The fourth-order valence-corrected chi connectivity index (χ4v) is 3.43. The van der Waals surface area contributed by atoms with Gasteiger partial charge in [-0.15, -0.1) is 0 Å². The van der Waals surface area contributed by atoms with Crippen molar-refractivity contribution in [1.82, 2.24) is 5.32 Å². The first-order chi connectivity index (χ1) is 8.55. The Labute approximate surface area is 109 Å². The van der Waals surface area contributed by atoms with Crippen LogP contribution in [0.2, 0.25) is 0 Å². The summed E-state index contributed by atoms with van der Waals surface area (Å²) >= 11 is 0. The summed E-state index contributed by atoms with van der Waals surface area (Å²) in [7, 11) is 6.32. The van der Waals surface area contributed by atoms with Gasteiger partial charge in [0.15, 0.2) is 0 Å². The minimum Gasteiger partial charge on any atom is -0.376 e. The molecule has 3 N–H and O–H groups in total. The van der Waals surface area contributed by atoms with E-state index in [0.29, 0.717) is 5.92 Å². The highest BCUT2D eigenvalue weighted by Crippen LogP contribution is 2.50. The summed E-state index contributed by atoms with van der Waals surface area (Å²) in [6.07, 6.45) is 0.996. The van der Waals surface area contributed by atoms with Crippen molar-refractivity contribution in [2.75, 3.05) is 44.0 Å². The number of piperidine rings is 1. The number of para-hydroxylation sites is 1. The highest BCUT2D eigenvalue weighted by atomic mass is 15.3. The van der Waals surface area contributed by atoms with Gasteiger partial charge >= 0.3 is 0 Å². The molecule has 0 bridgehead atoms. The summed E-state index contributed by atoms with van der Waals surface area (Å²) in [5.41, 5.74) is 10.4. The average molecular weight is 246 g/mol. The van der Waals surface area contributed by atoms with E-state index in [2.05, 4.69) is 54.5 Å². The van der Waals surface area contributed by atoms with Crippen molar-refractivity contribution in [2.24, 2.45) is 5.73 Å². The molecule has 2 heterocycles. The van der Waals surface area contributed by atoms with E-state index in [4.69, 9.17) is 5.73 Å². The molecule has 3 rings (SSSR count). The summed E-state index contributed by atoms with van der Waals surface area (Å²) in [5, 5.41) is 3.47. The topological polar surface area (TPSA) is 44.5 Å². The molecule has 0 aliphatic carbocycles. The average Bonchev–Trinajstić information content (AvgIpc) is 2.59. The van der Waals surface area contributed by atoms with Crippen LogP contribution in [0.4, 0.5) is 11.4 Å². The molecule has 2 unspecified atom stereocenters. The Balaban J connectivity index is 2.16. The number of rotatable bonds is 1. The second-order valence-corrected chi connectivity index (χ2v) is 5.67. The zero-order valence-electron chi connectivity index (χ0n) is 11.4. The third-order valence-corrected chi connectivity index (χ3v) is 4.52. The van der Waals surface area contributed by atoms with Crippen molar-refractivity contribution in [2.45, 2.75) is 18.0 Å². The molecule has 1 aromatic carbocycles. The van der Waals surface area contributed by atoms with Crippen molar-refractivity contribution in [3.63, 3.8) is 0 Å². The molecule has 0 saturated carbocycles. The molecular weight excluding hydrogens is 224 g/mol. The molecule has 0 radical (unpaired) electrons. The Kier molecular flexibility index (Phi) is 2.54. The van der Waals surface area contributed by atoms with Gasteiger partial charge in [0, 0.05) is 33.6 Å². The van der Waals surface area contributed by atoms with Crippen LogP contribution in [0.5, 0.6) is 0 Å². The maximum absolute atomic E-state index is 6.69. The van der Waals surface area contributed by atoms with Gasteiger partial charge in [0.05, 0.1) is 17.0 Å². The Morgan fingerprint density at radius 2 is 2.22 bits per heavy atom. The van der Waals surface area contributed by atoms with Crippen LogP contribution in [0.25, 0.3) is 0 Å². The number of hydrogen-bond acceptors (Lipinski definition) is 4. The molecule has 98 valence electrons. The SMILES string of the molecule is CN(C)c1cccc2c1N(C)C1(N)CCNCC21. The molecule has 2 aliphatic rings. The van der Waals surface area contributed by atoms with Crippen molar-refractivity contribution in [1.29, 1.82) is 0 Å². The lowest BCUT2D eigenvalue weighted by Gasteiger charge is -2.42. The molecule has 1 aromatic rings. The molecule has 2 atom stereocenters. The summed E-state index contributed by atoms with van der Waals surface area (Å²) in [4.78, 5) is 4.46. The van der Waals surface area contributed by atoms with Crippen LogP contribution in [0, 0.1) is 0 Å². The maximum Gasteiger partial charge on any atom is 0.0975 e. The highest BCUT2D eigenvalue weighted by Gasteiger charge is 2.49. The van der Waals surface area contributed by atoms with E-state index in [0.717, 1.165) is 19.5 Å². The highest BCUT2D eigenvalue weighted by molar-refractivity contribution is 5.79. The lowest BCUT2D eigenvalue weighted by Crippen LogP contribution is -2.61. The van der Waals surface area contributed by atoms with Gasteiger partial charge in [-0.1, -0.05) is 12.1 Å². The van der Waals surface area contributed by atoms with Gasteiger partial charge in [0.2, 0.25) is 0 Å². The van der Waals surface area contributed by atoms with Gasteiger partial charge in [-0.25, -0.2) is 0 Å². The van der Waals surface area contributed by atoms with Gasteiger partial charge in [-0.3, -0.25) is 0 Å². The molecule has 1 saturated heterocycles. The zero-order valence-corrected chi connectivity index (χ0v) is 11.4. The van der Waals surface area contributed by atoms with Crippen LogP contribution >= 0.6 is 0 Å². The van der Waals surface area contributed by atoms with Gasteiger partial charge in [0.1, 0.15) is 0 Å². The number of nitrogens with two attached hydrogens (primary N) is 1. The van der Waals surface area contributed by atoms with Crippen molar-refractivity contribution in [3.8, 4) is 0 Å². The van der Waals surface area contributed by atoms with Crippen LogP contribution in [0.15, 0.2) is 18.2 Å². The molecule has 2 aliphatic heterocycles. The van der Waals surface area contributed by atoms with E-state index in [9.17, 15) is 0 Å². The van der Waals surface area contributed by atoms with Crippen molar-refractivity contribution in [3.05, 3.63) is 23.8 Å². The maximum atomic E-state index is 6.69. The number of nitrogens with zero attached hydrogens (tertiary/aromatic N) is 2. The lowest BCUT2D eigenvalue weighted by atomic mass is 9.85. The van der Waals surface area contributed by atoms with Crippen LogP contribution in [0.3, 0.4) is 0 Å². The summed E-state index contributed by atoms with van der Waals surface area (Å²) < 4.78 is 0. The first kappa shape index (κ1) is 11.8. The van der Waals surface area contributed by atoms with Gasteiger partial charge in [-0.05, 0) is 24.6 Å². The van der Waals surface area contributed by atoms with Crippen LogP contribution in [-0.4, -0.2) is 39.9 Å². The number of anilines is 2. The van der Waals surface area contributed by atoms with Crippen LogP contribution in [0.1, 0.15) is 17.9 Å². The smallest absolute Gasteiger partial charge is 0.0975 e. The molecule has 0 spiro atoms. The fourth-order valence-electron chi connectivity index (χ4n) is 3.43. The van der Waals surface area contributed by atoms with Gasteiger partial charge < -0.3 is 20.9 Å². The fraction of sp³-hybridized carbons (Fsp3) is 0.571. The predicted octanol–water partition coefficient (Wildman–Crippen LogP) is 0.934. The number of fused-ring (bicyclic) bond motifs is 3. The van der Waals surface area contributed by atoms with Crippen molar-refractivity contribution < 1.29 is 0 Å². The Bertz CT molecular complexity index is 471. The Morgan fingerprint density at radius 3 is 2.94 bits per heavy atom. The van der Waals surface area contributed by atoms with Crippen LogP contribution < -0.4 is 20.9 Å². The molecule has 4 heteroatoms. The molecule has 0 amide bonds. The van der Waals surface area contributed by atoms with E-state index in [1.165, 1.54) is 16.9 Å². The number of hydrogen-bond donors (Lipinski definition) is 2. The molecule has 4 nitrogen and oxygen atoms in total. The number of likely N-dealkylation sites (N-methyl/N-ethyl adjacent to an activating group) is 1. The van der Waals surface area contributed by atoms with Crippen molar-refractivity contribution >= 4 is 11.4 Å². The van der Waals surface area contributed by atoms with E-state index in [1.807, 2.05) is 0 Å².